The first-order chi connectivity index (χ1) is 10.1. The predicted molar refractivity (Wildman–Crippen MR) is 76.2 cm³/mol. The lowest BCUT2D eigenvalue weighted by Gasteiger charge is -1.96. The number of rotatable bonds is 3. The summed E-state index contributed by atoms with van der Waals surface area (Å²) in [5, 5.41) is 18.6. The highest BCUT2D eigenvalue weighted by atomic mass is 16.6. The monoisotopic (exact) mass is 282 g/mol. The number of hydrogen-bond acceptors (Lipinski definition) is 6. The van der Waals surface area contributed by atoms with Crippen molar-refractivity contribution >= 4 is 11.4 Å². The third kappa shape index (κ3) is 2.57. The second-order valence-corrected chi connectivity index (χ2v) is 4.34. The number of nitrogens with two attached hydrogens (primary N) is 1. The van der Waals surface area contributed by atoms with Gasteiger partial charge in [0, 0.05) is 28.9 Å². The zero-order valence-electron chi connectivity index (χ0n) is 10.8. The van der Waals surface area contributed by atoms with E-state index >= 15 is 0 Å². The van der Waals surface area contributed by atoms with Gasteiger partial charge in [0.05, 0.1) is 4.92 Å². The molecular formula is C14H10N4O3. The molecule has 0 unspecified atom stereocenters. The summed E-state index contributed by atoms with van der Waals surface area (Å²) in [5.74, 6) is 0.557. The van der Waals surface area contributed by atoms with Crippen LogP contribution in [0.2, 0.25) is 0 Å². The van der Waals surface area contributed by atoms with E-state index in [1.165, 1.54) is 12.1 Å². The highest BCUT2D eigenvalue weighted by Gasteiger charge is 2.13. The summed E-state index contributed by atoms with van der Waals surface area (Å²) in [7, 11) is 0. The molecule has 7 heteroatoms. The molecule has 0 fully saturated rings. The molecule has 0 atom stereocenters. The van der Waals surface area contributed by atoms with E-state index < -0.39 is 4.92 Å². The number of benzene rings is 2. The van der Waals surface area contributed by atoms with Gasteiger partial charge in [0.15, 0.2) is 0 Å². The summed E-state index contributed by atoms with van der Waals surface area (Å²) in [6, 6.07) is 13.0. The standard InChI is InChI=1S/C14H10N4O3/c15-11-6-4-9(5-7-11)13-16-17-14(21-13)10-2-1-3-12(8-10)18(19)20/h1-8H,15H2. The Morgan fingerprint density at radius 3 is 2.33 bits per heavy atom. The van der Waals surface area contributed by atoms with Gasteiger partial charge in [0.1, 0.15) is 0 Å². The maximum Gasteiger partial charge on any atom is 0.270 e. The van der Waals surface area contributed by atoms with Crippen LogP contribution in [0.4, 0.5) is 11.4 Å². The number of anilines is 1. The van der Waals surface area contributed by atoms with Crippen molar-refractivity contribution in [3.8, 4) is 22.9 Å². The topological polar surface area (TPSA) is 108 Å². The molecule has 7 nitrogen and oxygen atoms in total. The second-order valence-electron chi connectivity index (χ2n) is 4.34. The van der Waals surface area contributed by atoms with Crippen LogP contribution in [0.25, 0.3) is 22.9 Å². The van der Waals surface area contributed by atoms with Gasteiger partial charge in [0.2, 0.25) is 11.8 Å². The Kier molecular flexibility index (Phi) is 3.07. The Morgan fingerprint density at radius 2 is 1.67 bits per heavy atom. The van der Waals surface area contributed by atoms with Gasteiger partial charge in [-0.1, -0.05) is 6.07 Å². The van der Waals surface area contributed by atoms with E-state index in [0.717, 1.165) is 5.56 Å². The largest absolute Gasteiger partial charge is 0.416 e. The molecule has 1 heterocycles. The van der Waals surface area contributed by atoms with Crippen LogP contribution >= 0.6 is 0 Å². The van der Waals surface area contributed by atoms with Crippen molar-refractivity contribution < 1.29 is 9.34 Å². The van der Waals surface area contributed by atoms with Gasteiger partial charge < -0.3 is 10.2 Å². The van der Waals surface area contributed by atoms with Crippen LogP contribution in [0.1, 0.15) is 0 Å². The minimum Gasteiger partial charge on any atom is -0.416 e. The Labute approximate surface area is 119 Å². The van der Waals surface area contributed by atoms with E-state index in [4.69, 9.17) is 10.2 Å². The molecule has 3 aromatic rings. The summed E-state index contributed by atoms with van der Waals surface area (Å²) in [6.45, 7) is 0. The van der Waals surface area contributed by atoms with Gasteiger partial charge in [-0.05, 0) is 30.3 Å². The van der Waals surface area contributed by atoms with Gasteiger partial charge in [-0.3, -0.25) is 10.1 Å². The van der Waals surface area contributed by atoms with Gasteiger partial charge >= 0.3 is 0 Å². The predicted octanol–water partition coefficient (Wildman–Crippen LogP) is 2.89. The smallest absolute Gasteiger partial charge is 0.270 e. The van der Waals surface area contributed by atoms with E-state index in [2.05, 4.69) is 10.2 Å². The van der Waals surface area contributed by atoms with Crippen molar-refractivity contribution in [1.29, 1.82) is 0 Å². The number of nitrogens with zero attached hydrogens (tertiary/aromatic N) is 3. The number of aromatic nitrogens is 2. The zero-order chi connectivity index (χ0) is 14.8. The van der Waals surface area contributed by atoms with Gasteiger partial charge in [-0.15, -0.1) is 10.2 Å². The molecule has 0 bridgehead atoms. The maximum absolute atomic E-state index is 10.8. The van der Waals surface area contributed by atoms with Gasteiger partial charge in [0.25, 0.3) is 5.69 Å². The lowest BCUT2D eigenvalue weighted by molar-refractivity contribution is -0.384. The lowest BCUT2D eigenvalue weighted by atomic mass is 10.2. The number of non-ortho nitro benzene ring substituents is 1. The molecule has 0 radical (unpaired) electrons. The van der Waals surface area contributed by atoms with Crippen LogP contribution in [0.15, 0.2) is 52.9 Å². The van der Waals surface area contributed by atoms with Crippen molar-refractivity contribution in [2.24, 2.45) is 0 Å². The number of hydrogen-bond donors (Lipinski definition) is 1. The third-order valence-electron chi connectivity index (χ3n) is 2.89. The molecule has 0 aliphatic heterocycles. The van der Waals surface area contributed by atoms with E-state index in [0.29, 0.717) is 17.1 Å². The molecule has 2 N–H and O–H groups in total. The van der Waals surface area contributed by atoms with E-state index in [1.807, 2.05) is 0 Å². The fourth-order valence-electron chi connectivity index (χ4n) is 1.83. The molecule has 0 aliphatic rings. The van der Waals surface area contributed by atoms with Crippen molar-refractivity contribution in [2.75, 3.05) is 5.73 Å². The molecule has 0 saturated heterocycles. The van der Waals surface area contributed by atoms with Crippen LogP contribution in [0.5, 0.6) is 0 Å². The average molecular weight is 282 g/mol. The fraction of sp³-hybridized carbons (Fsp3) is 0. The van der Waals surface area contributed by atoms with Crippen LogP contribution in [0, 0.1) is 10.1 Å². The average Bonchev–Trinajstić information content (AvgIpc) is 2.98. The molecule has 0 aliphatic carbocycles. The number of nitro benzene ring substituents is 1. The van der Waals surface area contributed by atoms with Crippen molar-refractivity contribution in [3.05, 3.63) is 58.6 Å². The number of nitro groups is 1. The molecule has 0 amide bonds. The van der Waals surface area contributed by atoms with Crippen LogP contribution in [0.3, 0.4) is 0 Å². The molecule has 21 heavy (non-hydrogen) atoms. The SMILES string of the molecule is Nc1ccc(-c2nnc(-c3cccc([N+](=O)[O-])c3)o2)cc1. The molecule has 3 rings (SSSR count). The lowest BCUT2D eigenvalue weighted by Crippen LogP contribution is -1.88. The first-order valence-electron chi connectivity index (χ1n) is 6.08. The fourth-order valence-corrected chi connectivity index (χ4v) is 1.83. The highest BCUT2D eigenvalue weighted by molar-refractivity contribution is 5.61. The van der Waals surface area contributed by atoms with E-state index in [-0.39, 0.29) is 11.6 Å². The Bertz CT molecular complexity index is 796. The molecule has 1 aromatic heterocycles. The van der Waals surface area contributed by atoms with Crippen molar-refractivity contribution in [2.45, 2.75) is 0 Å². The maximum atomic E-state index is 10.8. The Morgan fingerprint density at radius 1 is 1.00 bits per heavy atom. The minimum atomic E-state index is -0.471. The molecule has 0 spiro atoms. The molecule has 2 aromatic carbocycles. The van der Waals surface area contributed by atoms with Crippen LogP contribution < -0.4 is 5.73 Å². The van der Waals surface area contributed by atoms with Crippen molar-refractivity contribution in [3.63, 3.8) is 0 Å². The highest BCUT2D eigenvalue weighted by Crippen LogP contribution is 2.26. The molecule has 104 valence electrons. The first kappa shape index (κ1) is 12.8. The summed E-state index contributed by atoms with van der Waals surface area (Å²) < 4.78 is 5.54. The summed E-state index contributed by atoms with van der Waals surface area (Å²) in [5.41, 5.74) is 7.45. The summed E-state index contributed by atoms with van der Waals surface area (Å²) in [6.07, 6.45) is 0. The van der Waals surface area contributed by atoms with Crippen molar-refractivity contribution in [1.82, 2.24) is 10.2 Å². The van der Waals surface area contributed by atoms with Crippen LogP contribution in [-0.4, -0.2) is 15.1 Å². The Hall–Kier alpha value is -3.22. The van der Waals surface area contributed by atoms with Gasteiger partial charge in [-0.25, -0.2) is 0 Å². The summed E-state index contributed by atoms with van der Waals surface area (Å²) >= 11 is 0. The summed E-state index contributed by atoms with van der Waals surface area (Å²) in [4.78, 5) is 10.3. The number of nitrogen functional groups attached to an aromatic ring is 1. The molecule has 0 saturated carbocycles. The normalized spacial score (nSPS) is 10.5. The minimum absolute atomic E-state index is 0.0280. The van der Waals surface area contributed by atoms with Gasteiger partial charge in [-0.2, -0.15) is 0 Å². The zero-order valence-corrected chi connectivity index (χ0v) is 10.8. The second kappa shape index (κ2) is 5.04. The quantitative estimate of drug-likeness (QED) is 0.449. The van der Waals surface area contributed by atoms with E-state index in [9.17, 15) is 10.1 Å². The Balaban J connectivity index is 1.96. The van der Waals surface area contributed by atoms with E-state index in [1.54, 1.807) is 36.4 Å². The third-order valence-corrected chi connectivity index (χ3v) is 2.89. The first-order valence-corrected chi connectivity index (χ1v) is 6.08. The van der Waals surface area contributed by atoms with Crippen LogP contribution in [-0.2, 0) is 0 Å². The molecular weight excluding hydrogens is 272 g/mol.